The van der Waals surface area contributed by atoms with Crippen LogP contribution in [0.3, 0.4) is 0 Å². The highest BCUT2D eigenvalue weighted by molar-refractivity contribution is 6.35. The molecule has 2 rings (SSSR count). The lowest BCUT2D eigenvalue weighted by molar-refractivity contribution is 0.394. The van der Waals surface area contributed by atoms with Crippen LogP contribution in [0, 0.1) is 0 Å². The first-order valence-corrected chi connectivity index (χ1v) is 11.1. The molecule has 34 heavy (non-hydrogen) atoms. The minimum atomic E-state index is 0.368. The van der Waals surface area contributed by atoms with Gasteiger partial charge in [0.1, 0.15) is 28.0 Å². The van der Waals surface area contributed by atoms with Gasteiger partial charge in [0, 0.05) is 30.5 Å². The summed E-state index contributed by atoms with van der Waals surface area (Å²) in [6.45, 7) is 14.1. The maximum absolute atomic E-state index is 6.71. The fourth-order valence-electron chi connectivity index (χ4n) is 2.95. The number of ether oxygens (including phenoxy) is 2. The van der Waals surface area contributed by atoms with E-state index in [1.54, 1.807) is 20.3 Å². The molecule has 0 saturated heterocycles. The number of aliphatic imine (C=N–C) groups is 2. The number of nitrogens with one attached hydrogen (secondary N) is 1. The van der Waals surface area contributed by atoms with Crippen LogP contribution in [0.15, 0.2) is 70.5 Å². The van der Waals surface area contributed by atoms with Crippen molar-refractivity contribution in [2.24, 2.45) is 9.98 Å². The van der Waals surface area contributed by atoms with Crippen molar-refractivity contribution in [2.45, 2.75) is 27.2 Å². The lowest BCUT2D eigenvalue weighted by Gasteiger charge is -2.27. The molecule has 0 aliphatic rings. The number of anilines is 2. The fourth-order valence-corrected chi connectivity index (χ4v) is 3.24. The average molecular weight is 482 g/mol. The number of hydrogen-bond acceptors (Lipinski definition) is 7. The first kappa shape index (κ1) is 26.7. The van der Waals surface area contributed by atoms with E-state index in [1.807, 2.05) is 55.4 Å². The predicted octanol–water partition coefficient (Wildman–Crippen LogP) is 6.92. The minimum absolute atomic E-state index is 0.368. The van der Waals surface area contributed by atoms with Gasteiger partial charge in [-0.2, -0.15) is 0 Å². The largest absolute Gasteiger partial charge is 0.497 e. The van der Waals surface area contributed by atoms with Crippen molar-refractivity contribution in [2.75, 3.05) is 25.7 Å². The second-order valence-electron chi connectivity index (χ2n) is 7.32. The Labute approximate surface area is 207 Å². The van der Waals surface area contributed by atoms with E-state index in [-0.39, 0.29) is 0 Å². The number of aromatic nitrogens is 1. The van der Waals surface area contributed by atoms with Crippen LogP contribution >= 0.6 is 11.6 Å². The van der Waals surface area contributed by atoms with E-state index < -0.39 is 0 Å². The lowest BCUT2D eigenvalue weighted by Crippen LogP contribution is -2.25. The van der Waals surface area contributed by atoms with Gasteiger partial charge in [-0.15, -0.1) is 0 Å². The minimum Gasteiger partial charge on any atom is -0.497 e. The Morgan fingerprint density at radius 1 is 1.24 bits per heavy atom. The second-order valence-corrected chi connectivity index (χ2v) is 7.70. The third kappa shape index (κ3) is 6.96. The van der Waals surface area contributed by atoms with Crippen molar-refractivity contribution in [3.05, 3.63) is 65.5 Å². The molecule has 1 aromatic heterocycles. The first-order valence-electron chi connectivity index (χ1n) is 10.7. The first-order chi connectivity index (χ1) is 16.4. The maximum atomic E-state index is 6.71. The third-order valence-corrected chi connectivity index (χ3v) is 5.33. The van der Waals surface area contributed by atoms with Gasteiger partial charge in [0.15, 0.2) is 5.82 Å². The molecule has 0 amide bonds. The van der Waals surface area contributed by atoms with Gasteiger partial charge in [0.2, 0.25) is 0 Å². The number of methoxy groups -OCH3 is 2. The summed E-state index contributed by atoms with van der Waals surface area (Å²) in [4.78, 5) is 15.2. The number of rotatable bonds is 12. The van der Waals surface area contributed by atoms with E-state index in [2.05, 4.69) is 41.6 Å². The Balaban J connectivity index is 2.58. The molecule has 0 atom stereocenters. The van der Waals surface area contributed by atoms with Crippen LogP contribution in [0.2, 0.25) is 5.02 Å². The Hall–Kier alpha value is -3.58. The molecule has 0 aliphatic carbocycles. The normalized spacial score (nSPS) is 11.6. The van der Waals surface area contributed by atoms with Crippen LogP contribution in [0.25, 0.3) is 0 Å². The van der Waals surface area contributed by atoms with E-state index >= 15 is 0 Å². The van der Waals surface area contributed by atoms with Crippen LogP contribution < -0.4 is 19.7 Å². The molecular formula is C26H32ClN5O2. The summed E-state index contributed by atoms with van der Waals surface area (Å²) >= 11 is 6.71. The van der Waals surface area contributed by atoms with Crippen molar-refractivity contribution < 1.29 is 9.47 Å². The van der Waals surface area contributed by atoms with Crippen molar-refractivity contribution in [3.63, 3.8) is 0 Å². The highest BCUT2D eigenvalue weighted by Gasteiger charge is 2.21. The summed E-state index contributed by atoms with van der Waals surface area (Å²) in [5, 5.41) is 3.57. The van der Waals surface area contributed by atoms with Gasteiger partial charge >= 0.3 is 0 Å². The Morgan fingerprint density at radius 2 is 2.00 bits per heavy atom. The van der Waals surface area contributed by atoms with E-state index in [0.717, 1.165) is 12.1 Å². The molecule has 1 heterocycles. The van der Waals surface area contributed by atoms with Crippen molar-refractivity contribution in [1.82, 2.24) is 10.3 Å². The summed E-state index contributed by atoms with van der Waals surface area (Å²) in [5.74, 6) is 2.08. The molecule has 2 aromatic rings. The second kappa shape index (κ2) is 13.2. The number of benzene rings is 1. The smallest absolute Gasteiger partial charge is 0.179 e. The zero-order valence-electron chi connectivity index (χ0n) is 20.4. The summed E-state index contributed by atoms with van der Waals surface area (Å²) in [5.41, 5.74) is 3.22. The van der Waals surface area contributed by atoms with Gasteiger partial charge in [0.05, 0.1) is 26.5 Å². The zero-order valence-corrected chi connectivity index (χ0v) is 21.2. The number of pyridine rings is 1. The zero-order chi connectivity index (χ0) is 25.1. The molecule has 7 nitrogen and oxygen atoms in total. The van der Waals surface area contributed by atoms with Crippen molar-refractivity contribution in [1.29, 1.82) is 0 Å². The molecular weight excluding hydrogens is 450 g/mol. The summed E-state index contributed by atoms with van der Waals surface area (Å²) in [6.07, 6.45) is 8.33. The Morgan fingerprint density at radius 3 is 2.62 bits per heavy atom. The summed E-state index contributed by atoms with van der Waals surface area (Å²) in [7, 11) is 3.14. The molecule has 0 unspecified atom stereocenters. The standard InChI is InChI=1S/C26H32ClN5O2/c1-8-13-29-19(4)17-32(22-15-20(33-6)16-23(34-7)25(22)27)24-11-10-21(26(28-5)31-24)30-14-12-18(3)9-2/h8-11,13-16,29H,4-5,12,17H2,1-3,6-7H3/b13-8-,18-9+,30-14-. The topological polar surface area (TPSA) is 71.3 Å². The number of allylic oxidation sites excluding steroid dienone is 3. The number of halogens is 1. The van der Waals surface area contributed by atoms with Crippen molar-refractivity contribution in [3.8, 4) is 11.5 Å². The van der Waals surface area contributed by atoms with Crippen LogP contribution in [0.5, 0.6) is 11.5 Å². The molecule has 0 spiro atoms. The Bertz CT molecular complexity index is 1110. The molecule has 0 fully saturated rings. The molecule has 0 radical (unpaired) electrons. The van der Waals surface area contributed by atoms with Gasteiger partial charge < -0.3 is 19.7 Å². The monoisotopic (exact) mass is 481 g/mol. The van der Waals surface area contributed by atoms with E-state index in [1.165, 1.54) is 5.57 Å². The van der Waals surface area contributed by atoms with E-state index in [0.29, 0.717) is 46.1 Å². The number of hydrogen-bond donors (Lipinski definition) is 1. The SMILES string of the molecule is C=Nc1nc(N(CC(=C)N/C=C\C)c2cc(OC)cc(OC)c2Cl)ccc1/N=C\C/C(C)=C/C. The molecule has 1 N–H and O–H groups in total. The number of nitrogens with zero attached hydrogens (tertiary/aromatic N) is 4. The quantitative estimate of drug-likeness (QED) is 0.263. The highest BCUT2D eigenvalue weighted by atomic mass is 35.5. The predicted molar refractivity (Wildman–Crippen MR) is 144 cm³/mol. The molecule has 8 heteroatoms. The van der Waals surface area contributed by atoms with Gasteiger partial charge in [0.25, 0.3) is 0 Å². The molecule has 0 aliphatic heterocycles. The van der Waals surface area contributed by atoms with Crippen LogP contribution in [-0.2, 0) is 0 Å². The van der Waals surface area contributed by atoms with E-state index in [9.17, 15) is 0 Å². The third-order valence-electron chi connectivity index (χ3n) is 4.95. The van der Waals surface area contributed by atoms with Crippen LogP contribution in [0.4, 0.5) is 23.0 Å². The molecule has 1 aromatic carbocycles. The summed E-state index contributed by atoms with van der Waals surface area (Å²) < 4.78 is 10.9. The van der Waals surface area contributed by atoms with Gasteiger partial charge in [-0.3, -0.25) is 4.99 Å². The van der Waals surface area contributed by atoms with Crippen LogP contribution in [0.1, 0.15) is 27.2 Å². The average Bonchev–Trinajstić information content (AvgIpc) is 2.86. The summed E-state index contributed by atoms with van der Waals surface area (Å²) in [6, 6.07) is 7.26. The van der Waals surface area contributed by atoms with Crippen LogP contribution in [-0.4, -0.2) is 38.7 Å². The van der Waals surface area contributed by atoms with Gasteiger partial charge in [-0.1, -0.05) is 35.9 Å². The maximum Gasteiger partial charge on any atom is 0.179 e. The fraction of sp³-hybridized carbons (Fsp3) is 0.269. The molecule has 0 bridgehead atoms. The molecule has 0 saturated carbocycles. The highest BCUT2D eigenvalue weighted by Crippen LogP contribution is 2.42. The van der Waals surface area contributed by atoms with E-state index in [4.69, 9.17) is 26.1 Å². The van der Waals surface area contributed by atoms with Gasteiger partial charge in [-0.05, 0) is 45.8 Å². The lowest BCUT2D eigenvalue weighted by atomic mass is 10.2. The molecule has 180 valence electrons. The Kier molecular flexibility index (Phi) is 10.4. The van der Waals surface area contributed by atoms with Crippen molar-refractivity contribution >= 4 is 47.5 Å². The van der Waals surface area contributed by atoms with Gasteiger partial charge in [-0.25, -0.2) is 9.98 Å².